The van der Waals surface area contributed by atoms with Crippen molar-refractivity contribution in [2.75, 3.05) is 5.73 Å². The summed E-state index contributed by atoms with van der Waals surface area (Å²) < 4.78 is 3.18. The Morgan fingerprint density at radius 3 is 1.49 bits per heavy atom. The molecule has 0 amide bonds. The van der Waals surface area contributed by atoms with Gasteiger partial charge in [0.25, 0.3) is 11.4 Å². The largest absolute Gasteiger partial charge is 0.393 e. The summed E-state index contributed by atoms with van der Waals surface area (Å²) in [5, 5.41) is 21.1. The lowest BCUT2D eigenvalue weighted by Crippen LogP contribution is -1.97. The van der Waals surface area contributed by atoms with Crippen molar-refractivity contribution < 1.29 is 9.85 Å². The molecular formula is C27H26Br2IN3O4. The van der Waals surface area contributed by atoms with Gasteiger partial charge in [-0.05, 0) is 170 Å². The lowest BCUT2D eigenvalue weighted by atomic mass is 10.1. The minimum Gasteiger partial charge on any atom is -0.393 e. The molecule has 0 aliphatic heterocycles. The third-order valence-electron chi connectivity index (χ3n) is 6.93. The molecule has 10 heteroatoms. The number of anilines is 1. The average Bonchev–Trinajstić information content (AvgIpc) is 3.59. The first-order valence-electron chi connectivity index (χ1n) is 12.1. The van der Waals surface area contributed by atoms with Gasteiger partial charge >= 0.3 is 0 Å². The first-order chi connectivity index (χ1) is 17.6. The Balaban J connectivity index is 0.000000130. The van der Waals surface area contributed by atoms with E-state index >= 15 is 0 Å². The van der Waals surface area contributed by atoms with Crippen LogP contribution in [0.2, 0.25) is 0 Å². The Morgan fingerprint density at radius 2 is 1.00 bits per heavy atom. The summed E-state index contributed by atoms with van der Waals surface area (Å²) in [6.45, 7) is 0. The number of nitrogens with zero attached hydrogens (tertiary/aromatic N) is 2. The molecule has 0 radical (unpaired) electrons. The van der Waals surface area contributed by atoms with E-state index in [1.165, 1.54) is 44.0 Å². The van der Waals surface area contributed by atoms with Gasteiger partial charge < -0.3 is 5.73 Å². The minimum absolute atomic E-state index is 0.0423. The van der Waals surface area contributed by atoms with Gasteiger partial charge in [-0.25, -0.2) is 0 Å². The quantitative estimate of drug-likeness (QED) is 0.124. The molecule has 37 heavy (non-hydrogen) atoms. The summed E-state index contributed by atoms with van der Waals surface area (Å²) in [6.07, 6.45) is 10.0. The number of nitrogen functional groups attached to an aromatic ring is 1. The van der Waals surface area contributed by atoms with Crippen molar-refractivity contribution in [3.63, 3.8) is 0 Å². The topological polar surface area (TPSA) is 112 Å². The second kappa shape index (κ2) is 12.2. The summed E-state index contributed by atoms with van der Waals surface area (Å²) in [7, 11) is 0. The maximum Gasteiger partial charge on any atom is 0.292 e. The molecule has 0 saturated heterocycles. The summed E-state index contributed by atoms with van der Waals surface area (Å²) in [6, 6.07) is 11.5. The highest BCUT2D eigenvalue weighted by Gasteiger charge is 2.20. The fraction of sp³-hybridized carbons (Fsp3) is 0.333. The van der Waals surface area contributed by atoms with Gasteiger partial charge in [0, 0.05) is 20.2 Å². The highest BCUT2D eigenvalue weighted by atomic mass is 127. The molecule has 3 aromatic rings. The molecule has 0 fully saturated rings. The molecular weight excluding hydrogens is 717 g/mol. The highest BCUT2D eigenvalue weighted by molar-refractivity contribution is 14.1. The molecule has 0 bridgehead atoms. The van der Waals surface area contributed by atoms with Crippen LogP contribution in [0.4, 0.5) is 17.1 Å². The van der Waals surface area contributed by atoms with Gasteiger partial charge in [-0.2, -0.15) is 0 Å². The van der Waals surface area contributed by atoms with Crippen LogP contribution in [-0.2, 0) is 38.5 Å². The molecule has 194 valence electrons. The van der Waals surface area contributed by atoms with Gasteiger partial charge in [-0.15, -0.1) is 0 Å². The van der Waals surface area contributed by atoms with E-state index in [2.05, 4.69) is 66.6 Å². The third-order valence-corrected chi connectivity index (χ3v) is 9.86. The maximum atomic E-state index is 10.6. The van der Waals surface area contributed by atoms with E-state index < -0.39 is 4.92 Å². The zero-order valence-corrected chi connectivity index (χ0v) is 25.4. The molecule has 3 aliphatic rings. The second-order valence-electron chi connectivity index (χ2n) is 9.36. The zero-order valence-electron chi connectivity index (χ0n) is 20.1. The Bertz CT molecular complexity index is 1280. The van der Waals surface area contributed by atoms with Crippen molar-refractivity contribution in [1.29, 1.82) is 0 Å². The Hall–Kier alpha value is -2.05. The van der Waals surface area contributed by atoms with Gasteiger partial charge in [0.1, 0.15) is 5.69 Å². The van der Waals surface area contributed by atoms with Crippen LogP contribution in [-0.4, -0.2) is 9.85 Å². The van der Waals surface area contributed by atoms with Crippen LogP contribution >= 0.6 is 54.5 Å². The standard InChI is InChI=1S/C9H8BrI.C9H8BrNO2.C9H10N2O2/c10-8-4-6-2-1-3-7(6)5-9(8)11;2*10-8-4-6-2-1-3-7(6)5-9(8)11(12)13/h4-5H,1-3H2;4-5H,1-3H2;4-5H,1-3,10H2. The fourth-order valence-electron chi connectivity index (χ4n) is 5.07. The Kier molecular flexibility index (Phi) is 9.23. The number of aryl methyl sites for hydroxylation is 6. The van der Waals surface area contributed by atoms with Crippen LogP contribution < -0.4 is 5.73 Å². The number of rotatable bonds is 2. The smallest absolute Gasteiger partial charge is 0.292 e. The summed E-state index contributed by atoms with van der Waals surface area (Å²) in [5.41, 5.74) is 13.8. The first kappa shape index (κ1) is 28.0. The van der Waals surface area contributed by atoms with E-state index in [9.17, 15) is 20.2 Å². The van der Waals surface area contributed by atoms with Crippen molar-refractivity contribution >= 4 is 71.5 Å². The van der Waals surface area contributed by atoms with Crippen LogP contribution in [0.3, 0.4) is 0 Å². The average molecular weight is 743 g/mol. The van der Waals surface area contributed by atoms with Crippen LogP contribution in [0.5, 0.6) is 0 Å². The number of hydrogen-bond acceptors (Lipinski definition) is 5. The molecule has 0 aromatic heterocycles. The second-order valence-corrected chi connectivity index (χ2v) is 12.2. The molecule has 2 N–H and O–H groups in total. The van der Waals surface area contributed by atoms with E-state index in [0.29, 0.717) is 4.47 Å². The van der Waals surface area contributed by atoms with Crippen molar-refractivity contribution in [3.05, 3.63) is 103 Å². The molecule has 0 atom stereocenters. The molecule has 7 nitrogen and oxygen atoms in total. The highest BCUT2D eigenvalue weighted by Crippen LogP contribution is 2.33. The van der Waals surface area contributed by atoms with E-state index in [0.717, 1.165) is 49.7 Å². The fourth-order valence-corrected chi connectivity index (χ4v) is 6.53. The number of nitro benzene ring substituents is 2. The Labute approximate surface area is 245 Å². The van der Waals surface area contributed by atoms with Crippen molar-refractivity contribution in [2.45, 2.75) is 57.8 Å². The lowest BCUT2D eigenvalue weighted by Gasteiger charge is -2.01. The summed E-state index contributed by atoms with van der Waals surface area (Å²) >= 11 is 9.12. The maximum absolute atomic E-state index is 10.6. The number of hydrogen-bond donors (Lipinski definition) is 1. The van der Waals surface area contributed by atoms with Crippen molar-refractivity contribution in [1.82, 2.24) is 0 Å². The Morgan fingerprint density at radius 1 is 0.622 bits per heavy atom. The predicted molar refractivity (Wildman–Crippen MR) is 161 cm³/mol. The summed E-state index contributed by atoms with van der Waals surface area (Å²) in [4.78, 5) is 20.4. The molecule has 6 rings (SSSR count). The first-order valence-corrected chi connectivity index (χ1v) is 14.8. The van der Waals surface area contributed by atoms with Crippen LogP contribution in [0.15, 0.2) is 45.3 Å². The van der Waals surface area contributed by atoms with Gasteiger partial charge in [0.15, 0.2) is 0 Å². The van der Waals surface area contributed by atoms with Crippen molar-refractivity contribution in [2.24, 2.45) is 0 Å². The van der Waals surface area contributed by atoms with E-state index in [1.807, 2.05) is 6.07 Å². The zero-order chi connectivity index (χ0) is 26.7. The van der Waals surface area contributed by atoms with Gasteiger partial charge in [-0.3, -0.25) is 20.2 Å². The number of halogens is 3. The minimum atomic E-state index is -0.423. The van der Waals surface area contributed by atoms with Gasteiger partial charge in [0.05, 0.1) is 14.3 Å². The molecule has 0 unspecified atom stereocenters. The molecule has 0 saturated carbocycles. The number of nitro groups is 2. The van der Waals surface area contributed by atoms with E-state index in [-0.39, 0.29) is 22.0 Å². The van der Waals surface area contributed by atoms with E-state index in [4.69, 9.17) is 5.73 Å². The monoisotopic (exact) mass is 741 g/mol. The number of fused-ring (bicyclic) bond motifs is 3. The van der Waals surface area contributed by atoms with E-state index in [1.54, 1.807) is 23.8 Å². The van der Waals surface area contributed by atoms with Crippen LogP contribution in [0.1, 0.15) is 52.6 Å². The van der Waals surface area contributed by atoms with Crippen LogP contribution in [0.25, 0.3) is 0 Å². The molecule has 0 spiro atoms. The molecule has 3 aliphatic carbocycles. The van der Waals surface area contributed by atoms with Crippen molar-refractivity contribution in [3.8, 4) is 0 Å². The van der Waals surface area contributed by atoms with Crippen LogP contribution in [0, 0.1) is 23.8 Å². The lowest BCUT2D eigenvalue weighted by molar-refractivity contribution is -0.385. The molecule has 3 aromatic carbocycles. The SMILES string of the molecule is Brc1cc2c(cc1I)CCC2.Nc1cc2c(cc1[N+](=O)[O-])CCC2.O=[N+]([O-])c1cc2c(cc1Br)CCC2. The normalized spacial score (nSPS) is 14.5. The predicted octanol–water partition coefficient (Wildman–Crippen LogP) is 8.05. The number of nitrogens with two attached hydrogens (primary N) is 1. The third kappa shape index (κ3) is 6.69. The van der Waals surface area contributed by atoms with Gasteiger partial charge in [0.2, 0.25) is 0 Å². The molecule has 0 heterocycles. The summed E-state index contributed by atoms with van der Waals surface area (Å²) in [5.74, 6) is 0. The number of benzene rings is 3. The van der Waals surface area contributed by atoms with Gasteiger partial charge in [-0.1, -0.05) is 0 Å².